The summed E-state index contributed by atoms with van der Waals surface area (Å²) in [7, 11) is 0. The smallest absolute Gasteiger partial charge is 0.387 e. The maximum absolute atomic E-state index is 12.0. The lowest BCUT2D eigenvalue weighted by Crippen LogP contribution is -2.23. The standard InChI is InChI=1S/C14H16F2OS/c1-18-13-8-11(9-13)3-2-10-4-6-12(7-5-10)17-14(15)16/h2-7,11,13-14H,8-9H2,1H3/b3-2+. The van der Waals surface area contributed by atoms with Crippen molar-refractivity contribution in [1.29, 1.82) is 0 Å². The number of rotatable bonds is 5. The van der Waals surface area contributed by atoms with Gasteiger partial charge in [-0.1, -0.05) is 24.3 Å². The lowest BCUT2D eigenvalue weighted by Gasteiger charge is -2.31. The van der Waals surface area contributed by atoms with Crippen LogP contribution in [-0.4, -0.2) is 18.1 Å². The van der Waals surface area contributed by atoms with Crippen LogP contribution < -0.4 is 4.74 Å². The number of allylic oxidation sites excluding steroid dienone is 1. The van der Waals surface area contributed by atoms with Crippen molar-refractivity contribution in [2.45, 2.75) is 24.7 Å². The summed E-state index contributed by atoms with van der Waals surface area (Å²) in [6.45, 7) is -2.76. The van der Waals surface area contributed by atoms with Crippen molar-refractivity contribution in [3.63, 3.8) is 0 Å². The van der Waals surface area contributed by atoms with Crippen LogP contribution in [-0.2, 0) is 0 Å². The van der Waals surface area contributed by atoms with Crippen molar-refractivity contribution in [1.82, 2.24) is 0 Å². The van der Waals surface area contributed by atoms with Crippen LogP contribution >= 0.6 is 11.8 Å². The molecule has 1 aliphatic rings. The zero-order valence-corrected chi connectivity index (χ0v) is 11.0. The van der Waals surface area contributed by atoms with Crippen molar-refractivity contribution >= 4 is 17.8 Å². The predicted octanol–water partition coefficient (Wildman–Crippen LogP) is 4.44. The molecule has 0 saturated heterocycles. The Hall–Kier alpha value is -1.03. The molecule has 0 aliphatic heterocycles. The first-order chi connectivity index (χ1) is 8.67. The first-order valence-corrected chi connectivity index (χ1v) is 7.22. The Balaban J connectivity index is 1.85. The Bertz CT molecular complexity index is 397. The normalized spacial score (nSPS) is 23.3. The zero-order valence-electron chi connectivity index (χ0n) is 10.2. The molecule has 98 valence electrons. The first-order valence-electron chi connectivity index (χ1n) is 5.93. The number of halogens is 2. The molecule has 2 rings (SSSR count). The second-order valence-corrected chi connectivity index (χ2v) is 5.53. The summed E-state index contributed by atoms with van der Waals surface area (Å²) in [4.78, 5) is 0. The predicted molar refractivity (Wildman–Crippen MR) is 72.1 cm³/mol. The molecule has 0 unspecified atom stereocenters. The molecule has 1 aliphatic carbocycles. The van der Waals surface area contributed by atoms with E-state index >= 15 is 0 Å². The number of alkyl halides is 2. The van der Waals surface area contributed by atoms with E-state index in [2.05, 4.69) is 17.1 Å². The maximum Gasteiger partial charge on any atom is 0.387 e. The summed E-state index contributed by atoms with van der Waals surface area (Å²) in [6, 6.07) is 6.71. The molecule has 1 aromatic rings. The van der Waals surface area contributed by atoms with E-state index in [0.29, 0.717) is 5.92 Å². The lowest BCUT2D eigenvalue weighted by molar-refractivity contribution is -0.0498. The maximum atomic E-state index is 12.0. The SMILES string of the molecule is CSC1CC(/C=C/c2ccc(OC(F)F)cc2)C1. The van der Waals surface area contributed by atoms with E-state index in [9.17, 15) is 8.78 Å². The van der Waals surface area contributed by atoms with Gasteiger partial charge in [-0.25, -0.2) is 0 Å². The zero-order chi connectivity index (χ0) is 13.0. The Morgan fingerprint density at radius 3 is 2.50 bits per heavy atom. The van der Waals surface area contributed by atoms with Crippen LogP contribution in [0, 0.1) is 5.92 Å². The minimum absolute atomic E-state index is 0.202. The molecule has 0 radical (unpaired) electrons. The second kappa shape index (κ2) is 6.23. The molecule has 1 saturated carbocycles. The lowest BCUT2D eigenvalue weighted by atomic mass is 9.84. The average Bonchev–Trinajstić information content (AvgIpc) is 2.29. The van der Waals surface area contributed by atoms with Crippen LogP contribution in [0.2, 0.25) is 0 Å². The molecule has 1 fully saturated rings. The summed E-state index contributed by atoms with van der Waals surface area (Å²) < 4.78 is 28.2. The minimum atomic E-state index is -2.76. The fourth-order valence-corrected chi connectivity index (χ4v) is 2.84. The number of hydrogen-bond acceptors (Lipinski definition) is 2. The fraction of sp³-hybridized carbons (Fsp3) is 0.429. The third-order valence-corrected chi connectivity index (χ3v) is 4.18. The van der Waals surface area contributed by atoms with Gasteiger partial charge in [0.25, 0.3) is 0 Å². The molecule has 1 aromatic carbocycles. The van der Waals surface area contributed by atoms with Gasteiger partial charge in [0.15, 0.2) is 0 Å². The summed E-state index contributed by atoms with van der Waals surface area (Å²) in [5.74, 6) is 0.868. The van der Waals surface area contributed by atoms with Gasteiger partial charge in [-0.3, -0.25) is 0 Å². The van der Waals surface area contributed by atoms with Gasteiger partial charge in [0.2, 0.25) is 0 Å². The van der Waals surface area contributed by atoms with E-state index in [4.69, 9.17) is 0 Å². The average molecular weight is 270 g/mol. The number of hydrogen-bond donors (Lipinski definition) is 0. The highest BCUT2D eigenvalue weighted by atomic mass is 32.2. The molecule has 0 spiro atoms. The van der Waals surface area contributed by atoms with Crippen LogP contribution in [0.3, 0.4) is 0 Å². The Morgan fingerprint density at radius 1 is 1.28 bits per heavy atom. The van der Waals surface area contributed by atoms with Crippen molar-refractivity contribution in [2.24, 2.45) is 5.92 Å². The van der Waals surface area contributed by atoms with Gasteiger partial charge in [-0.2, -0.15) is 20.5 Å². The fourth-order valence-electron chi connectivity index (χ4n) is 1.96. The minimum Gasteiger partial charge on any atom is -0.435 e. The van der Waals surface area contributed by atoms with E-state index < -0.39 is 6.61 Å². The third kappa shape index (κ3) is 3.73. The highest BCUT2D eigenvalue weighted by molar-refractivity contribution is 7.99. The number of ether oxygens (including phenoxy) is 1. The van der Waals surface area contributed by atoms with Gasteiger partial charge >= 0.3 is 6.61 Å². The van der Waals surface area contributed by atoms with Crippen molar-refractivity contribution < 1.29 is 13.5 Å². The summed E-state index contributed by atoms with van der Waals surface area (Å²) in [6.07, 6.45) is 8.88. The summed E-state index contributed by atoms with van der Waals surface area (Å²) >= 11 is 1.92. The molecule has 18 heavy (non-hydrogen) atoms. The Morgan fingerprint density at radius 2 is 1.94 bits per heavy atom. The third-order valence-electron chi connectivity index (χ3n) is 3.13. The molecule has 0 bridgehead atoms. The number of thioether (sulfide) groups is 1. The van der Waals surface area contributed by atoms with E-state index in [1.807, 2.05) is 17.8 Å². The topological polar surface area (TPSA) is 9.23 Å². The van der Waals surface area contributed by atoms with Crippen molar-refractivity contribution in [3.05, 3.63) is 35.9 Å². The highest BCUT2D eigenvalue weighted by Gasteiger charge is 2.25. The summed E-state index contributed by atoms with van der Waals surface area (Å²) in [5, 5.41) is 0.807. The van der Waals surface area contributed by atoms with Crippen LogP contribution in [0.25, 0.3) is 6.08 Å². The van der Waals surface area contributed by atoms with Crippen LogP contribution in [0.5, 0.6) is 5.75 Å². The van der Waals surface area contributed by atoms with Gasteiger partial charge in [-0.15, -0.1) is 0 Å². The molecular formula is C14H16F2OS. The quantitative estimate of drug-likeness (QED) is 0.782. The second-order valence-electron chi connectivity index (χ2n) is 4.40. The van der Waals surface area contributed by atoms with E-state index in [-0.39, 0.29) is 5.75 Å². The molecule has 0 amide bonds. The molecule has 1 nitrogen and oxygen atoms in total. The molecule has 0 heterocycles. The highest BCUT2D eigenvalue weighted by Crippen LogP contribution is 2.36. The molecule has 0 atom stereocenters. The van der Waals surface area contributed by atoms with Crippen LogP contribution in [0.1, 0.15) is 18.4 Å². The van der Waals surface area contributed by atoms with Crippen molar-refractivity contribution in [3.8, 4) is 5.75 Å². The molecular weight excluding hydrogens is 254 g/mol. The summed E-state index contributed by atoms with van der Waals surface area (Å²) in [5.41, 5.74) is 1.02. The Labute approximate surface area is 110 Å². The largest absolute Gasteiger partial charge is 0.435 e. The van der Waals surface area contributed by atoms with E-state index in [1.54, 1.807) is 24.3 Å². The van der Waals surface area contributed by atoms with Crippen LogP contribution in [0.4, 0.5) is 8.78 Å². The van der Waals surface area contributed by atoms with Gasteiger partial charge in [-0.05, 0) is 42.7 Å². The van der Waals surface area contributed by atoms with Crippen LogP contribution in [0.15, 0.2) is 30.3 Å². The molecule has 0 N–H and O–H groups in total. The Kier molecular flexibility index (Phi) is 4.64. The van der Waals surface area contributed by atoms with Gasteiger partial charge in [0.1, 0.15) is 5.75 Å². The van der Waals surface area contributed by atoms with Gasteiger partial charge < -0.3 is 4.74 Å². The van der Waals surface area contributed by atoms with Gasteiger partial charge in [0, 0.05) is 5.25 Å². The first kappa shape index (κ1) is 13.4. The van der Waals surface area contributed by atoms with E-state index in [1.165, 1.54) is 12.8 Å². The molecule has 0 aromatic heterocycles. The van der Waals surface area contributed by atoms with E-state index in [0.717, 1.165) is 10.8 Å². The molecule has 4 heteroatoms. The monoisotopic (exact) mass is 270 g/mol. The van der Waals surface area contributed by atoms with Crippen molar-refractivity contribution in [2.75, 3.05) is 6.26 Å². The number of benzene rings is 1. The van der Waals surface area contributed by atoms with Gasteiger partial charge in [0.05, 0.1) is 0 Å².